The summed E-state index contributed by atoms with van der Waals surface area (Å²) in [6.45, 7) is 2.01. The van der Waals surface area contributed by atoms with Crippen LogP contribution in [0.2, 0.25) is 0 Å². The van der Waals surface area contributed by atoms with Gasteiger partial charge < -0.3 is 4.42 Å². The molecule has 16 heavy (non-hydrogen) atoms. The maximum Gasteiger partial charge on any atom is 0.276 e. The van der Waals surface area contributed by atoms with Crippen molar-refractivity contribution < 1.29 is 8.81 Å². The molecule has 0 aliphatic carbocycles. The summed E-state index contributed by atoms with van der Waals surface area (Å²) in [5.41, 5.74) is 0.569. The molecule has 0 aliphatic heterocycles. The van der Waals surface area contributed by atoms with E-state index in [0.717, 1.165) is 5.75 Å². The van der Waals surface area contributed by atoms with Crippen LogP contribution in [0.4, 0.5) is 4.39 Å². The first kappa shape index (κ1) is 11.1. The smallest absolute Gasteiger partial charge is 0.276 e. The minimum atomic E-state index is -0.245. The zero-order valence-electron chi connectivity index (χ0n) is 8.81. The van der Waals surface area contributed by atoms with Gasteiger partial charge in [-0.1, -0.05) is 36.9 Å². The molecule has 2 rings (SSSR count). The average Bonchev–Trinajstić information content (AvgIpc) is 2.70. The Balaban J connectivity index is 2.11. The van der Waals surface area contributed by atoms with E-state index < -0.39 is 0 Å². The number of aromatic nitrogens is 2. The molecule has 0 amide bonds. The zero-order chi connectivity index (χ0) is 11.4. The number of thioether (sulfide) groups is 1. The van der Waals surface area contributed by atoms with Gasteiger partial charge in [-0.15, -0.1) is 10.2 Å². The molecule has 0 spiro atoms. The van der Waals surface area contributed by atoms with Crippen LogP contribution in [-0.4, -0.2) is 16.0 Å². The molecule has 2 aromatic rings. The van der Waals surface area contributed by atoms with Gasteiger partial charge >= 0.3 is 0 Å². The lowest BCUT2D eigenvalue weighted by Crippen LogP contribution is -1.92. The summed E-state index contributed by atoms with van der Waals surface area (Å²) < 4.78 is 18.7. The summed E-state index contributed by atoms with van der Waals surface area (Å²) in [5.74, 6) is 1.08. The van der Waals surface area contributed by atoms with Crippen molar-refractivity contribution in [3.8, 4) is 0 Å². The SMILES string of the molecule is CCSc1nnc(Cc2ccccc2F)o1. The number of halogens is 1. The van der Waals surface area contributed by atoms with Crippen molar-refractivity contribution in [1.29, 1.82) is 0 Å². The summed E-state index contributed by atoms with van der Waals surface area (Å²) in [6, 6.07) is 6.58. The number of nitrogens with zero attached hydrogens (tertiary/aromatic N) is 2. The predicted molar refractivity (Wildman–Crippen MR) is 59.9 cm³/mol. The molecule has 0 unspecified atom stereocenters. The first-order valence-electron chi connectivity index (χ1n) is 4.98. The maximum atomic E-state index is 13.3. The number of hydrogen-bond acceptors (Lipinski definition) is 4. The highest BCUT2D eigenvalue weighted by Crippen LogP contribution is 2.18. The van der Waals surface area contributed by atoms with Crippen molar-refractivity contribution >= 4 is 11.8 Å². The van der Waals surface area contributed by atoms with Gasteiger partial charge in [0.15, 0.2) is 0 Å². The fourth-order valence-corrected chi connectivity index (χ4v) is 1.80. The summed E-state index contributed by atoms with van der Waals surface area (Å²) in [5, 5.41) is 8.26. The van der Waals surface area contributed by atoms with Crippen LogP contribution in [0.5, 0.6) is 0 Å². The second-order valence-electron chi connectivity index (χ2n) is 3.16. The van der Waals surface area contributed by atoms with Gasteiger partial charge in [-0.05, 0) is 17.4 Å². The van der Waals surface area contributed by atoms with Gasteiger partial charge in [-0.2, -0.15) is 0 Å². The molecular formula is C11H11FN2OS. The Hall–Kier alpha value is -1.36. The number of rotatable bonds is 4. The monoisotopic (exact) mass is 238 g/mol. The molecule has 5 heteroatoms. The van der Waals surface area contributed by atoms with Crippen molar-refractivity contribution in [2.75, 3.05) is 5.75 Å². The van der Waals surface area contributed by atoms with E-state index in [4.69, 9.17) is 4.42 Å². The first-order chi connectivity index (χ1) is 7.79. The van der Waals surface area contributed by atoms with Crippen molar-refractivity contribution in [3.05, 3.63) is 41.5 Å². The lowest BCUT2D eigenvalue weighted by molar-refractivity contribution is 0.418. The molecule has 1 aromatic heterocycles. The Labute approximate surface area is 97.1 Å². The van der Waals surface area contributed by atoms with Crippen LogP contribution in [0, 0.1) is 5.82 Å². The third kappa shape index (κ3) is 2.61. The quantitative estimate of drug-likeness (QED) is 0.768. The topological polar surface area (TPSA) is 38.9 Å². The van der Waals surface area contributed by atoms with E-state index >= 15 is 0 Å². The van der Waals surface area contributed by atoms with E-state index in [1.807, 2.05) is 6.92 Å². The second-order valence-corrected chi connectivity index (χ2v) is 4.38. The fourth-order valence-electron chi connectivity index (χ4n) is 1.30. The molecule has 1 heterocycles. The third-order valence-corrected chi connectivity index (χ3v) is 2.72. The van der Waals surface area contributed by atoms with Crippen molar-refractivity contribution in [1.82, 2.24) is 10.2 Å². The summed E-state index contributed by atoms with van der Waals surface area (Å²) >= 11 is 1.48. The van der Waals surface area contributed by atoms with Crippen LogP contribution in [0.1, 0.15) is 18.4 Å². The van der Waals surface area contributed by atoms with E-state index in [-0.39, 0.29) is 5.82 Å². The van der Waals surface area contributed by atoms with Crippen LogP contribution in [-0.2, 0) is 6.42 Å². The van der Waals surface area contributed by atoms with Gasteiger partial charge in [-0.3, -0.25) is 0 Å². The third-order valence-electron chi connectivity index (χ3n) is 2.02. The minimum absolute atomic E-state index is 0.245. The molecular weight excluding hydrogens is 227 g/mol. The average molecular weight is 238 g/mol. The van der Waals surface area contributed by atoms with Gasteiger partial charge in [0.1, 0.15) is 5.82 Å². The summed E-state index contributed by atoms with van der Waals surface area (Å²) in [7, 11) is 0. The Morgan fingerprint density at radius 3 is 2.88 bits per heavy atom. The molecule has 0 bridgehead atoms. The molecule has 0 radical (unpaired) electrons. The highest BCUT2D eigenvalue weighted by Gasteiger charge is 2.09. The van der Waals surface area contributed by atoms with Crippen LogP contribution in [0.3, 0.4) is 0 Å². The van der Waals surface area contributed by atoms with Gasteiger partial charge in [0.2, 0.25) is 5.89 Å². The molecule has 0 atom stereocenters. The molecule has 1 aromatic carbocycles. The van der Waals surface area contributed by atoms with Gasteiger partial charge in [-0.25, -0.2) is 4.39 Å². The van der Waals surface area contributed by atoms with E-state index in [1.165, 1.54) is 17.8 Å². The van der Waals surface area contributed by atoms with E-state index in [1.54, 1.807) is 18.2 Å². The second kappa shape index (κ2) is 5.12. The Bertz CT molecular complexity index is 473. The van der Waals surface area contributed by atoms with Gasteiger partial charge in [0.25, 0.3) is 5.22 Å². The van der Waals surface area contributed by atoms with Crippen LogP contribution >= 0.6 is 11.8 Å². The normalized spacial score (nSPS) is 10.6. The zero-order valence-corrected chi connectivity index (χ0v) is 9.63. The number of benzene rings is 1. The van der Waals surface area contributed by atoms with Gasteiger partial charge in [0, 0.05) is 0 Å². The highest BCUT2D eigenvalue weighted by molar-refractivity contribution is 7.99. The van der Waals surface area contributed by atoms with Crippen molar-refractivity contribution in [3.63, 3.8) is 0 Å². The maximum absolute atomic E-state index is 13.3. The molecule has 3 nitrogen and oxygen atoms in total. The lowest BCUT2D eigenvalue weighted by Gasteiger charge is -1.97. The Morgan fingerprint density at radius 2 is 2.12 bits per heavy atom. The van der Waals surface area contributed by atoms with E-state index in [9.17, 15) is 4.39 Å². The Kier molecular flexibility index (Phi) is 3.56. The highest BCUT2D eigenvalue weighted by atomic mass is 32.2. The first-order valence-corrected chi connectivity index (χ1v) is 5.96. The van der Waals surface area contributed by atoms with Crippen LogP contribution in [0.25, 0.3) is 0 Å². The van der Waals surface area contributed by atoms with Crippen molar-refractivity contribution in [2.45, 2.75) is 18.6 Å². The number of hydrogen-bond donors (Lipinski definition) is 0. The van der Waals surface area contributed by atoms with Crippen LogP contribution < -0.4 is 0 Å². The molecule has 0 aliphatic rings. The predicted octanol–water partition coefficient (Wildman–Crippen LogP) is 2.91. The minimum Gasteiger partial charge on any atom is -0.416 e. The molecule has 0 N–H and O–H groups in total. The van der Waals surface area contributed by atoms with Crippen molar-refractivity contribution in [2.24, 2.45) is 0 Å². The van der Waals surface area contributed by atoms with Crippen LogP contribution in [0.15, 0.2) is 33.9 Å². The summed E-state index contributed by atoms with van der Waals surface area (Å²) in [6.07, 6.45) is 0.337. The largest absolute Gasteiger partial charge is 0.416 e. The molecule has 0 saturated heterocycles. The van der Waals surface area contributed by atoms with E-state index in [2.05, 4.69) is 10.2 Å². The standard InChI is InChI=1S/C11H11FN2OS/c1-2-16-11-14-13-10(15-11)7-8-5-3-4-6-9(8)12/h3-6H,2,7H2,1H3. The van der Waals surface area contributed by atoms with E-state index in [0.29, 0.717) is 23.1 Å². The molecule has 84 valence electrons. The Morgan fingerprint density at radius 1 is 1.31 bits per heavy atom. The lowest BCUT2D eigenvalue weighted by atomic mass is 10.1. The summed E-state index contributed by atoms with van der Waals surface area (Å²) in [4.78, 5) is 0. The molecule has 0 fully saturated rings. The fraction of sp³-hybridized carbons (Fsp3) is 0.273. The molecule has 0 saturated carbocycles. The van der Waals surface area contributed by atoms with Gasteiger partial charge in [0.05, 0.1) is 6.42 Å².